The molecule has 2 aromatic heterocycles. The van der Waals surface area contributed by atoms with Crippen molar-refractivity contribution >= 4 is 17.5 Å². The number of anilines is 2. The Balaban J connectivity index is 1.46. The maximum Gasteiger partial charge on any atom is 0.319 e. The van der Waals surface area contributed by atoms with Gasteiger partial charge >= 0.3 is 6.03 Å². The van der Waals surface area contributed by atoms with Crippen LogP contribution in [0.3, 0.4) is 0 Å². The van der Waals surface area contributed by atoms with Crippen molar-refractivity contribution in [3.8, 4) is 5.82 Å². The standard InChI is InChI=1S/C20H25N7O/c1-4-16-5-7-17(8-6-16)25-20(28)22-10-9-21-18-12-19(24-13-23-18)27-15(3)11-14(2)26-27/h5-8,11-13H,4,9-10H2,1-3H3,(H,21,23,24)(H2,22,25,28). The molecule has 0 bridgehead atoms. The van der Waals surface area contributed by atoms with Crippen molar-refractivity contribution in [1.82, 2.24) is 25.1 Å². The predicted octanol–water partition coefficient (Wildman–Crippen LogP) is 3.08. The van der Waals surface area contributed by atoms with Crippen LogP contribution in [0.25, 0.3) is 5.82 Å². The van der Waals surface area contributed by atoms with Gasteiger partial charge in [-0.2, -0.15) is 5.10 Å². The van der Waals surface area contributed by atoms with E-state index in [0.29, 0.717) is 24.7 Å². The van der Waals surface area contributed by atoms with Gasteiger partial charge in [0.25, 0.3) is 0 Å². The van der Waals surface area contributed by atoms with Crippen LogP contribution in [-0.4, -0.2) is 38.9 Å². The highest BCUT2D eigenvalue weighted by molar-refractivity contribution is 5.89. The first kappa shape index (κ1) is 19.3. The number of hydrogen-bond acceptors (Lipinski definition) is 5. The summed E-state index contributed by atoms with van der Waals surface area (Å²) in [4.78, 5) is 20.4. The van der Waals surface area contributed by atoms with Crippen LogP contribution in [0.2, 0.25) is 0 Å². The fraction of sp³-hybridized carbons (Fsp3) is 0.300. The number of benzene rings is 1. The maximum atomic E-state index is 12.0. The van der Waals surface area contributed by atoms with Gasteiger partial charge in [-0.15, -0.1) is 0 Å². The van der Waals surface area contributed by atoms with Crippen molar-refractivity contribution in [1.29, 1.82) is 0 Å². The number of aromatic nitrogens is 4. The van der Waals surface area contributed by atoms with Crippen LogP contribution in [0.1, 0.15) is 23.9 Å². The van der Waals surface area contributed by atoms with E-state index in [2.05, 4.69) is 37.9 Å². The Morgan fingerprint density at radius 2 is 1.86 bits per heavy atom. The number of amides is 2. The van der Waals surface area contributed by atoms with E-state index >= 15 is 0 Å². The smallest absolute Gasteiger partial charge is 0.319 e. The molecule has 0 atom stereocenters. The molecule has 2 amide bonds. The fourth-order valence-corrected chi connectivity index (χ4v) is 2.79. The topological polar surface area (TPSA) is 96.8 Å². The van der Waals surface area contributed by atoms with Gasteiger partial charge in [-0.3, -0.25) is 0 Å². The Morgan fingerprint density at radius 1 is 1.07 bits per heavy atom. The molecule has 28 heavy (non-hydrogen) atoms. The third-order valence-electron chi connectivity index (χ3n) is 4.22. The number of aryl methyl sites for hydroxylation is 3. The van der Waals surface area contributed by atoms with Crippen molar-refractivity contribution in [2.45, 2.75) is 27.2 Å². The lowest BCUT2D eigenvalue weighted by Gasteiger charge is -2.10. The second-order valence-electron chi connectivity index (χ2n) is 6.46. The molecule has 146 valence electrons. The Labute approximate surface area is 164 Å². The average Bonchev–Trinajstić information content (AvgIpc) is 3.04. The quantitative estimate of drug-likeness (QED) is 0.548. The molecular formula is C20H25N7O. The van der Waals surface area contributed by atoms with E-state index in [1.54, 1.807) is 4.68 Å². The van der Waals surface area contributed by atoms with Crippen molar-refractivity contribution in [2.75, 3.05) is 23.7 Å². The molecule has 0 aliphatic carbocycles. The van der Waals surface area contributed by atoms with E-state index in [9.17, 15) is 4.79 Å². The first-order chi connectivity index (χ1) is 13.5. The summed E-state index contributed by atoms with van der Waals surface area (Å²) in [5.41, 5.74) is 3.95. The molecule has 8 heteroatoms. The third kappa shape index (κ3) is 5.06. The fourth-order valence-electron chi connectivity index (χ4n) is 2.79. The molecule has 0 unspecified atom stereocenters. The van der Waals surface area contributed by atoms with Crippen molar-refractivity contribution in [3.05, 3.63) is 59.7 Å². The highest BCUT2D eigenvalue weighted by Crippen LogP contribution is 2.12. The number of carbonyl (C=O) groups excluding carboxylic acids is 1. The normalized spacial score (nSPS) is 10.5. The van der Waals surface area contributed by atoms with E-state index in [1.807, 2.05) is 50.2 Å². The average molecular weight is 379 g/mol. The summed E-state index contributed by atoms with van der Waals surface area (Å²) in [6.07, 6.45) is 2.47. The van der Waals surface area contributed by atoms with Gasteiger partial charge in [-0.05, 0) is 44.0 Å². The minimum absolute atomic E-state index is 0.239. The number of rotatable bonds is 7. The minimum atomic E-state index is -0.239. The Bertz CT molecular complexity index is 934. The number of nitrogens with zero attached hydrogens (tertiary/aromatic N) is 4. The monoisotopic (exact) mass is 379 g/mol. The molecule has 0 aliphatic rings. The lowest BCUT2D eigenvalue weighted by Crippen LogP contribution is -2.32. The van der Waals surface area contributed by atoms with Gasteiger partial charge in [-0.25, -0.2) is 19.4 Å². The maximum absolute atomic E-state index is 12.0. The van der Waals surface area contributed by atoms with Crippen LogP contribution in [0.5, 0.6) is 0 Å². The van der Waals surface area contributed by atoms with Crippen LogP contribution in [0.15, 0.2) is 42.7 Å². The van der Waals surface area contributed by atoms with Gasteiger partial charge < -0.3 is 16.0 Å². The van der Waals surface area contributed by atoms with Gasteiger partial charge in [0.15, 0.2) is 5.82 Å². The summed E-state index contributed by atoms with van der Waals surface area (Å²) in [6.45, 7) is 7.01. The molecule has 0 saturated heterocycles. The van der Waals surface area contributed by atoms with Gasteiger partial charge in [0.1, 0.15) is 12.1 Å². The zero-order valence-electron chi connectivity index (χ0n) is 16.4. The van der Waals surface area contributed by atoms with Gasteiger partial charge in [0, 0.05) is 30.5 Å². The molecule has 3 N–H and O–H groups in total. The molecule has 0 fully saturated rings. The summed E-state index contributed by atoms with van der Waals surface area (Å²) < 4.78 is 1.78. The second kappa shape index (κ2) is 8.98. The second-order valence-corrected chi connectivity index (χ2v) is 6.46. The van der Waals surface area contributed by atoms with Crippen molar-refractivity contribution < 1.29 is 4.79 Å². The number of urea groups is 1. The molecular weight excluding hydrogens is 354 g/mol. The molecule has 8 nitrogen and oxygen atoms in total. The summed E-state index contributed by atoms with van der Waals surface area (Å²) in [7, 11) is 0. The molecule has 3 aromatic rings. The summed E-state index contributed by atoms with van der Waals surface area (Å²) >= 11 is 0. The van der Waals surface area contributed by atoms with E-state index in [4.69, 9.17) is 0 Å². The minimum Gasteiger partial charge on any atom is -0.368 e. The Hall–Kier alpha value is -3.42. The van der Waals surface area contributed by atoms with E-state index in [0.717, 1.165) is 23.5 Å². The highest BCUT2D eigenvalue weighted by Gasteiger charge is 2.06. The molecule has 0 aliphatic heterocycles. The molecule has 3 rings (SSSR count). The lowest BCUT2D eigenvalue weighted by molar-refractivity contribution is 0.252. The summed E-state index contributed by atoms with van der Waals surface area (Å²) in [5.74, 6) is 1.37. The Morgan fingerprint density at radius 3 is 2.54 bits per heavy atom. The van der Waals surface area contributed by atoms with Gasteiger partial charge in [0.05, 0.1) is 5.69 Å². The van der Waals surface area contributed by atoms with Crippen LogP contribution >= 0.6 is 0 Å². The van der Waals surface area contributed by atoms with Gasteiger partial charge in [-0.1, -0.05) is 19.1 Å². The Kier molecular flexibility index (Phi) is 6.21. The first-order valence-electron chi connectivity index (χ1n) is 9.28. The summed E-state index contributed by atoms with van der Waals surface area (Å²) in [5, 5.41) is 13.2. The predicted molar refractivity (Wildman–Crippen MR) is 110 cm³/mol. The molecule has 0 saturated carbocycles. The van der Waals surface area contributed by atoms with Crippen LogP contribution in [0, 0.1) is 13.8 Å². The van der Waals surface area contributed by atoms with Crippen molar-refractivity contribution in [2.24, 2.45) is 0 Å². The largest absolute Gasteiger partial charge is 0.368 e. The third-order valence-corrected chi connectivity index (χ3v) is 4.22. The zero-order chi connectivity index (χ0) is 19.9. The SMILES string of the molecule is CCc1ccc(NC(=O)NCCNc2cc(-n3nc(C)cc3C)ncn2)cc1. The van der Waals surface area contributed by atoms with Crippen LogP contribution in [0.4, 0.5) is 16.3 Å². The van der Waals surface area contributed by atoms with Crippen molar-refractivity contribution in [3.63, 3.8) is 0 Å². The first-order valence-corrected chi connectivity index (χ1v) is 9.28. The number of nitrogens with one attached hydrogen (secondary N) is 3. The number of hydrogen-bond donors (Lipinski definition) is 3. The van der Waals surface area contributed by atoms with Crippen LogP contribution < -0.4 is 16.0 Å². The lowest BCUT2D eigenvalue weighted by atomic mass is 10.1. The molecule has 1 aromatic carbocycles. The van der Waals surface area contributed by atoms with E-state index in [1.165, 1.54) is 11.9 Å². The zero-order valence-corrected chi connectivity index (χ0v) is 16.4. The molecule has 0 spiro atoms. The molecule has 2 heterocycles. The van der Waals surface area contributed by atoms with Crippen LogP contribution in [-0.2, 0) is 6.42 Å². The summed E-state index contributed by atoms with van der Waals surface area (Å²) in [6, 6.07) is 11.4. The molecule has 0 radical (unpaired) electrons. The van der Waals surface area contributed by atoms with E-state index < -0.39 is 0 Å². The van der Waals surface area contributed by atoms with E-state index in [-0.39, 0.29) is 6.03 Å². The van der Waals surface area contributed by atoms with Gasteiger partial charge in [0.2, 0.25) is 0 Å². The highest BCUT2D eigenvalue weighted by atomic mass is 16.2. The number of carbonyl (C=O) groups is 1.